The molecule has 2 aromatic heterocycles. The van der Waals surface area contributed by atoms with Crippen molar-refractivity contribution in [3.05, 3.63) is 70.2 Å². The lowest BCUT2D eigenvalue weighted by atomic mass is 10.0. The van der Waals surface area contributed by atoms with Gasteiger partial charge in [0.05, 0.1) is 11.8 Å². The first-order valence-electron chi connectivity index (χ1n) is 13.5. The maximum absolute atomic E-state index is 12.6. The van der Waals surface area contributed by atoms with Gasteiger partial charge in [0.15, 0.2) is 5.65 Å². The minimum atomic E-state index is -0.557. The molecule has 2 N–H and O–H groups in total. The number of benzene rings is 1. The van der Waals surface area contributed by atoms with Crippen molar-refractivity contribution in [3.63, 3.8) is 0 Å². The first kappa shape index (κ1) is 25.6. The highest BCUT2D eigenvalue weighted by Crippen LogP contribution is 2.21. The zero-order chi connectivity index (χ0) is 25.9. The van der Waals surface area contributed by atoms with Crippen molar-refractivity contribution in [3.8, 4) is 0 Å². The highest BCUT2D eigenvalue weighted by atomic mass is 16.3. The van der Waals surface area contributed by atoms with Gasteiger partial charge in [0.1, 0.15) is 6.04 Å². The van der Waals surface area contributed by atoms with Crippen LogP contribution in [0.2, 0.25) is 0 Å². The summed E-state index contributed by atoms with van der Waals surface area (Å²) in [7, 11) is 0. The number of carbonyl (C=O) groups is 1. The number of amides is 1. The van der Waals surface area contributed by atoms with E-state index in [0.717, 1.165) is 55.2 Å². The molecule has 1 aromatic carbocycles. The lowest BCUT2D eigenvalue weighted by Crippen LogP contribution is -2.54. The standard InChI is InChI=1S/C29H38N6O2/c1-4-25-24(28-31-20(2)18-21(3)35(28)32-25)19-23-9-7-22(8-10-23)6-5-13-33-14-16-34(17-15-33)29(37)27-26(36)11-12-30-27/h5-10,18,26-27,30,36H,4,11-17,19H2,1-3H3/t26-,27+/m1/s1. The van der Waals surface area contributed by atoms with E-state index in [9.17, 15) is 9.90 Å². The van der Waals surface area contributed by atoms with Crippen molar-refractivity contribution < 1.29 is 9.90 Å². The Kier molecular flexibility index (Phi) is 7.69. The Hall–Kier alpha value is -3.07. The maximum Gasteiger partial charge on any atom is 0.242 e. The predicted octanol–water partition coefficient (Wildman–Crippen LogP) is 2.38. The molecule has 196 valence electrons. The predicted molar refractivity (Wildman–Crippen MR) is 146 cm³/mol. The first-order chi connectivity index (χ1) is 17.9. The molecule has 2 atom stereocenters. The number of aromatic nitrogens is 3. The van der Waals surface area contributed by atoms with Gasteiger partial charge in [-0.05, 0) is 50.4 Å². The van der Waals surface area contributed by atoms with Crippen LogP contribution in [0.4, 0.5) is 0 Å². The fourth-order valence-corrected chi connectivity index (χ4v) is 5.45. The third kappa shape index (κ3) is 5.61. The average molecular weight is 503 g/mol. The highest BCUT2D eigenvalue weighted by molar-refractivity contribution is 5.83. The Morgan fingerprint density at radius 1 is 1.16 bits per heavy atom. The van der Waals surface area contributed by atoms with Crippen molar-refractivity contribution in [1.29, 1.82) is 0 Å². The molecule has 0 radical (unpaired) electrons. The van der Waals surface area contributed by atoms with Gasteiger partial charge in [-0.25, -0.2) is 9.50 Å². The van der Waals surface area contributed by atoms with Crippen molar-refractivity contribution in [1.82, 2.24) is 29.7 Å². The van der Waals surface area contributed by atoms with Gasteiger partial charge in [0.25, 0.3) is 0 Å². The summed E-state index contributed by atoms with van der Waals surface area (Å²) in [6.07, 6.45) is 6.17. The number of aryl methyl sites for hydroxylation is 3. The number of piperazine rings is 1. The van der Waals surface area contributed by atoms with Crippen molar-refractivity contribution in [2.75, 3.05) is 39.3 Å². The second-order valence-corrected chi connectivity index (χ2v) is 10.3. The highest BCUT2D eigenvalue weighted by Gasteiger charge is 2.35. The number of rotatable bonds is 7. The second kappa shape index (κ2) is 11.1. The average Bonchev–Trinajstić information content (AvgIpc) is 3.48. The Morgan fingerprint density at radius 2 is 1.92 bits per heavy atom. The second-order valence-electron chi connectivity index (χ2n) is 10.3. The van der Waals surface area contributed by atoms with Crippen LogP contribution in [0.5, 0.6) is 0 Å². The summed E-state index contributed by atoms with van der Waals surface area (Å²) in [6, 6.07) is 10.4. The quantitative estimate of drug-likeness (QED) is 0.516. The molecule has 2 aliphatic heterocycles. The lowest BCUT2D eigenvalue weighted by Gasteiger charge is -2.35. The topological polar surface area (TPSA) is 86.0 Å². The molecular weight excluding hydrogens is 464 g/mol. The number of carbonyl (C=O) groups excluding carboxylic acids is 1. The third-order valence-corrected chi connectivity index (χ3v) is 7.58. The molecule has 0 saturated carbocycles. The number of hydrogen-bond donors (Lipinski definition) is 2. The van der Waals surface area contributed by atoms with Crippen LogP contribution in [-0.2, 0) is 17.6 Å². The Balaban J connectivity index is 1.15. The fourth-order valence-electron chi connectivity index (χ4n) is 5.45. The van der Waals surface area contributed by atoms with Gasteiger partial charge >= 0.3 is 0 Å². The summed E-state index contributed by atoms with van der Waals surface area (Å²) < 4.78 is 1.98. The van der Waals surface area contributed by atoms with Crippen LogP contribution in [-0.4, -0.2) is 86.8 Å². The summed E-state index contributed by atoms with van der Waals surface area (Å²) in [6.45, 7) is 11.0. The number of nitrogens with one attached hydrogen (secondary N) is 1. The summed E-state index contributed by atoms with van der Waals surface area (Å²) >= 11 is 0. The van der Waals surface area contributed by atoms with E-state index in [2.05, 4.69) is 66.5 Å². The maximum atomic E-state index is 12.6. The molecule has 2 saturated heterocycles. The molecule has 5 rings (SSSR count). The monoisotopic (exact) mass is 502 g/mol. The largest absolute Gasteiger partial charge is 0.391 e. The molecule has 3 aromatic rings. The van der Waals surface area contributed by atoms with Crippen LogP contribution in [0.15, 0.2) is 36.4 Å². The molecule has 0 bridgehead atoms. The van der Waals surface area contributed by atoms with Crippen LogP contribution >= 0.6 is 0 Å². The van der Waals surface area contributed by atoms with Gasteiger partial charge in [0, 0.05) is 56.1 Å². The minimum absolute atomic E-state index is 0.0384. The van der Waals surface area contributed by atoms with Crippen LogP contribution in [0.25, 0.3) is 11.7 Å². The van der Waals surface area contributed by atoms with E-state index in [0.29, 0.717) is 26.1 Å². The fraction of sp³-hybridized carbons (Fsp3) is 0.483. The molecule has 2 aliphatic rings. The van der Waals surface area contributed by atoms with E-state index in [1.165, 1.54) is 16.7 Å². The van der Waals surface area contributed by atoms with Gasteiger partial charge in [-0.3, -0.25) is 9.69 Å². The van der Waals surface area contributed by atoms with Gasteiger partial charge in [-0.15, -0.1) is 0 Å². The third-order valence-electron chi connectivity index (χ3n) is 7.58. The van der Waals surface area contributed by atoms with Crippen molar-refractivity contribution >= 4 is 17.6 Å². The summed E-state index contributed by atoms with van der Waals surface area (Å²) in [5, 5.41) is 17.9. The molecule has 8 heteroatoms. The van der Waals surface area contributed by atoms with E-state index in [4.69, 9.17) is 10.1 Å². The van der Waals surface area contributed by atoms with Crippen LogP contribution in [0.3, 0.4) is 0 Å². The summed E-state index contributed by atoms with van der Waals surface area (Å²) in [5.74, 6) is 0.0384. The molecule has 0 spiro atoms. The van der Waals surface area contributed by atoms with Crippen LogP contribution in [0, 0.1) is 13.8 Å². The molecule has 2 fully saturated rings. The van der Waals surface area contributed by atoms with E-state index in [1.54, 1.807) is 0 Å². The smallest absolute Gasteiger partial charge is 0.242 e. The van der Waals surface area contributed by atoms with E-state index < -0.39 is 12.1 Å². The molecule has 0 aliphatic carbocycles. The molecule has 1 amide bonds. The molecule has 0 unspecified atom stereocenters. The van der Waals surface area contributed by atoms with Gasteiger partial charge in [0.2, 0.25) is 5.91 Å². The molecular formula is C29H38N6O2. The van der Waals surface area contributed by atoms with E-state index in [1.807, 2.05) is 16.3 Å². The zero-order valence-electron chi connectivity index (χ0n) is 22.2. The van der Waals surface area contributed by atoms with Gasteiger partial charge in [-0.2, -0.15) is 5.10 Å². The van der Waals surface area contributed by atoms with Crippen molar-refractivity contribution in [2.24, 2.45) is 0 Å². The molecule has 37 heavy (non-hydrogen) atoms. The molecule has 4 heterocycles. The Morgan fingerprint density at radius 3 is 2.59 bits per heavy atom. The van der Waals surface area contributed by atoms with E-state index in [-0.39, 0.29) is 5.91 Å². The van der Waals surface area contributed by atoms with Gasteiger partial charge in [-0.1, -0.05) is 43.3 Å². The minimum Gasteiger partial charge on any atom is -0.391 e. The normalized spacial score (nSPS) is 20.9. The Bertz CT molecular complexity index is 1270. The molecule has 8 nitrogen and oxygen atoms in total. The Labute approximate surface area is 219 Å². The number of hydrogen-bond acceptors (Lipinski definition) is 6. The van der Waals surface area contributed by atoms with Crippen LogP contribution < -0.4 is 5.32 Å². The summed E-state index contributed by atoms with van der Waals surface area (Å²) in [5.41, 5.74) is 7.87. The zero-order valence-corrected chi connectivity index (χ0v) is 22.2. The SMILES string of the molecule is CCc1nn2c(C)cc(C)nc2c1Cc1ccc(C=CCN2CCN(C(=O)[C@H]3NCC[C@H]3O)CC2)cc1. The number of aliphatic hydroxyl groups is 1. The number of fused-ring (bicyclic) bond motifs is 1. The van der Waals surface area contributed by atoms with Crippen molar-refractivity contribution in [2.45, 2.75) is 52.2 Å². The lowest BCUT2D eigenvalue weighted by molar-refractivity contribution is -0.136. The number of nitrogens with zero attached hydrogens (tertiary/aromatic N) is 5. The summed E-state index contributed by atoms with van der Waals surface area (Å²) in [4.78, 5) is 21.7. The number of aliphatic hydroxyl groups excluding tert-OH is 1. The van der Waals surface area contributed by atoms with Gasteiger partial charge < -0.3 is 15.3 Å². The first-order valence-corrected chi connectivity index (χ1v) is 13.5. The van der Waals surface area contributed by atoms with Crippen LogP contribution in [0.1, 0.15) is 47.1 Å². The van der Waals surface area contributed by atoms with E-state index >= 15 is 0 Å².